The highest BCUT2D eigenvalue weighted by molar-refractivity contribution is 6.06. The molecule has 0 radical (unpaired) electrons. The van der Waals surface area contributed by atoms with Crippen molar-refractivity contribution in [2.45, 2.75) is 19.8 Å². The summed E-state index contributed by atoms with van der Waals surface area (Å²) >= 11 is 0. The number of nitrogens with zero attached hydrogens (tertiary/aromatic N) is 1. The molecule has 25 heavy (non-hydrogen) atoms. The molecule has 0 aliphatic carbocycles. The fourth-order valence-electron chi connectivity index (χ4n) is 3.12. The number of halogens is 1. The fourth-order valence-corrected chi connectivity index (χ4v) is 3.12. The summed E-state index contributed by atoms with van der Waals surface area (Å²) in [6.07, 6.45) is 2.15. The van der Waals surface area contributed by atoms with Crippen LogP contribution in [0.2, 0.25) is 0 Å². The molecule has 4 nitrogen and oxygen atoms in total. The van der Waals surface area contributed by atoms with Gasteiger partial charge in [0.05, 0.1) is 0 Å². The van der Waals surface area contributed by atoms with Gasteiger partial charge in [0.25, 0.3) is 11.8 Å². The Morgan fingerprint density at radius 3 is 2.64 bits per heavy atom. The summed E-state index contributed by atoms with van der Waals surface area (Å²) in [7, 11) is 0. The van der Waals surface area contributed by atoms with E-state index >= 15 is 0 Å². The van der Waals surface area contributed by atoms with Gasteiger partial charge in [0.2, 0.25) is 0 Å². The standard InChI is InChI=1S/C20H21FN2O2/c1-14-5-4-10-23(13-14)20(25)16-7-2-6-15(11-16)19(24)22-18-9-3-8-17(21)12-18/h2-3,6-9,11-12,14H,4-5,10,13H2,1H3,(H,22,24). The van der Waals surface area contributed by atoms with Crippen molar-refractivity contribution in [2.75, 3.05) is 18.4 Å². The maximum Gasteiger partial charge on any atom is 0.255 e. The topological polar surface area (TPSA) is 49.4 Å². The van der Waals surface area contributed by atoms with E-state index in [-0.39, 0.29) is 11.8 Å². The lowest BCUT2D eigenvalue weighted by molar-refractivity contribution is 0.0683. The van der Waals surface area contributed by atoms with Gasteiger partial charge >= 0.3 is 0 Å². The molecule has 2 aromatic carbocycles. The molecule has 0 spiro atoms. The molecule has 1 fully saturated rings. The van der Waals surface area contributed by atoms with Crippen LogP contribution in [0.25, 0.3) is 0 Å². The molecule has 0 saturated carbocycles. The van der Waals surface area contributed by atoms with Crippen LogP contribution in [0.1, 0.15) is 40.5 Å². The highest BCUT2D eigenvalue weighted by Crippen LogP contribution is 2.19. The summed E-state index contributed by atoms with van der Waals surface area (Å²) < 4.78 is 13.2. The van der Waals surface area contributed by atoms with Crippen LogP contribution in [0.5, 0.6) is 0 Å². The van der Waals surface area contributed by atoms with Crippen molar-refractivity contribution in [1.82, 2.24) is 4.90 Å². The highest BCUT2D eigenvalue weighted by Gasteiger charge is 2.22. The molecule has 1 N–H and O–H groups in total. The van der Waals surface area contributed by atoms with Crippen LogP contribution >= 0.6 is 0 Å². The maximum absolute atomic E-state index is 13.2. The van der Waals surface area contributed by atoms with Gasteiger partial charge in [-0.25, -0.2) is 4.39 Å². The van der Waals surface area contributed by atoms with E-state index in [1.54, 1.807) is 30.3 Å². The largest absolute Gasteiger partial charge is 0.338 e. The van der Waals surface area contributed by atoms with Crippen molar-refractivity contribution >= 4 is 17.5 Å². The number of hydrogen-bond donors (Lipinski definition) is 1. The molecule has 0 bridgehead atoms. The second kappa shape index (κ2) is 7.47. The first-order valence-electron chi connectivity index (χ1n) is 8.49. The van der Waals surface area contributed by atoms with Crippen LogP contribution in [0.4, 0.5) is 10.1 Å². The van der Waals surface area contributed by atoms with Crippen LogP contribution in [-0.4, -0.2) is 29.8 Å². The molecule has 2 aromatic rings. The van der Waals surface area contributed by atoms with E-state index in [0.717, 1.165) is 25.9 Å². The molecule has 1 atom stereocenters. The zero-order valence-electron chi connectivity index (χ0n) is 14.2. The Kier molecular flexibility index (Phi) is 5.12. The summed E-state index contributed by atoms with van der Waals surface area (Å²) in [5.74, 6) is -0.336. The lowest BCUT2D eigenvalue weighted by Crippen LogP contribution is -2.39. The first kappa shape index (κ1) is 17.1. The average Bonchev–Trinajstić information content (AvgIpc) is 2.61. The Balaban J connectivity index is 1.74. The van der Waals surface area contributed by atoms with Crippen LogP contribution in [-0.2, 0) is 0 Å². The Labute approximate surface area is 146 Å². The number of anilines is 1. The molecular formula is C20H21FN2O2. The van der Waals surface area contributed by atoms with Crippen molar-refractivity contribution in [3.63, 3.8) is 0 Å². The molecule has 1 aliphatic heterocycles. The Morgan fingerprint density at radius 2 is 1.88 bits per heavy atom. The molecule has 2 amide bonds. The highest BCUT2D eigenvalue weighted by atomic mass is 19.1. The molecule has 0 aromatic heterocycles. The molecule has 3 rings (SSSR count). The molecule has 5 heteroatoms. The van der Waals surface area contributed by atoms with Gasteiger partial charge in [-0.2, -0.15) is 0 Å². The third-order valence-corrected chi connectivity index (χ3v) is 4.40. The average molecular weight is 340 g/mol. The van der Waals surface area contributed by atoms with E-state index in [0.29, 0.717) is 22.7 Å². The van der Waals surface area contributed by atoms with Gasteiger partial charge in [0.15, 0.2) is 0 Å². The van der Waals surface area contributed by atoms with Crippen molar-refractivity contribution < 1.29 is 14.0 Å². The minimum absolute atomic E-state index is 0.0491. The quantitative estimate of drug-likeness (QED) is 0.920. The van der Waals surface area contributed by atoms with E-state index in [2.05, 4.69) is 12.2 Å². The Hall–Kier alpha value is -2.69. The lowest BCUT2D eigenvalue weighted by atomic mass is 9.99. The number of rotatable bonds is 3. The third-order valence-electron chi connectivity index (χ3n) is 4.40. The second-order valence-electron chi connectivity index (χ2n) is 6.54. The van der Waals surface area contributed by atoms with E-state index in [4.69, 9.17) is 0 Å². The van der Waals surface area contributed by atoms with Crippen molar-refractivity contribution in [3.8, 4) is 0 Å². The van der Waals surface area contributed by atoms with Crippen molar-refractivity contribution in [1.29, 1.82) is 0 Å². The van der Waals surface area contributed by atoms with E-state index in [1.165, 1.54) is 18.2 Å². The number of carbonyl (C=O) groups excluding carboxylic acids is 2. The number of likely N-dealkylation sites (tertiary alicyclic amines) is 1. The van der Waals surface area contributed by atoms with Gasteiger partial charge in [-0.15, -0.1) is 0 Å². The van der Waals surface area contributed by atoms with Crippen molar-refractivity contribution in [2.24, 2.45) is 5.92 Å². The molecule has 130 valence electrons. The number of nitrogens with one attached hydrogen (secondary N) is 1. The van der Waals surface area contributed by atoms with Gasteiger partial charge < -0.3 is 10.2 Å². The molecular weight excluding hydrogens is 319 g/mol. The Bertz CT molecular complexity index is 791. The van der Waals surface area contributed by atoms with Gasteiger partial charge in [-0.3, -0.25) is 9.59 Å². The first-order valence-corrected chi connectivity index (χ1v) is 8.49. The number of benzene rings is 2. The predicted molar refractivity (Wildman–Crippen MR) is 95.1 cm³/mol. The number of amides is 2. The predicted octanol–water partition coefficient (Wildman–Crippen LogP) is 3.95. The number of piperidine rings is 1. The Morgan fingerprint density at radius 1 is 1.12 bits per heavy atom. The molecule has 1 unspecified atom stereocenters. The van der Waals surface area contributed by atoms with Crippen LogP contribution < -0.4 is 5.32 Å². The SMILES string of the molecule is CC1CCCN(C(=O)c2cccc(C(=O)Nc3cccc(F)c3)c2)C1. The summed E-state index contributed by atoms with van der Waals surface area (Å²) in [5.41, 5.74) is 1.26. The van der Waals surface area contributed by atoms with E-state index in [1.807, 2.05) is 4.90 Å². The smallest absolute Gasteiger partial charge is 0.255 e. The molecule has 1 heterocycles. The monoisotopic (exact) mass is 340 g/mol. The zero-order chi connectivity index (χ0) is 17.8. The number of carbonyl (C=O) groups is 2. The minimum Gasteiger partial charge on any atom is -0.338 e. The minimum atomic E-state index is -0.416. The molecule has 1 saturated heterocycles. The lowest BCUT2D eigenvalue weighted by Gasteiger charge is -2.31. The maximum atomic E-state index is 13.2. The van der Waals surface area contributed by atoms with Gasteiger partial charge in [0.1, 0.15) is 5.82 Å². The number of hydrogen-bond acceptors (Lipinski definition) is 2. The van der Waals surface area contributed by atoms with Gasteiger partial charge in [0, 0.05) is 29.9 Å². The van der Waals surface area contributed by atoms with Crippen LogP contribution in [0.3, 0.4) is 0 Å². The van der Waals surface area contributed by atoms with Gasteiger partial charge in [-0.05, 0) is 55.2 Å². The first-order chi connectivity index (χ1) is 12.0. The van der Waals surface area contributed by atoms with Crippen LogP contribution in [0.15, 0.2) is 48.5 Å². The summed E-state index contributed by atoms with van der Waals surface area (Å²) in [6, 6.07) is 12.4. The third kappa shape index (κ3) is 4.24. The van der Waals surface area contributed by atoms with Crippen LogP contribution in [0, 0.1) is 11.7 Å². The van der Waals surface area contributed by atoms with E-state index in [9.17, 15) is 14.0 Å². The van der Waals surface area contributed by atoms with E-state index < -0.39 is 5.82 Å². The fraction of sp³-hybridized carbons (Fsp3) is 0.300. The van der Waals surface area contributed by atoms with Crippen molar-refractivity contribution in [3.05, 3.63) is 65.5 Å². The second-order valence-corrected chi connectivity index (χ2v) is 6.54. The normalized spacial score (nSPS) is 17.2. The molecule has 1 aliphatic rings. The summed E-state index contributed by atoms with van der Waals surface area (Å²) in [5, 5.41) is 2.65. The zero-order valence-corrected chi connectivity index (χ0v) is 14.2. The summed E-state index contributed by atoms with van der Waals surface area (Å²) in [6.45, 7) is 3.64. The summed E-state index contributed by atoms with van der Waals surface area (Å²) in [4.78, 5) is 26.9. The van der Waals surface area contributed by atoms with Gasteiger partial charge in [-0.1, -0.05) is 19.1 Å².